The summed E-state index contributed by atoms with van der Waals surface area (Å²) < 4.78 is 11.2. The quantitative estimate of drug-likeness (QED) is 0.575. The maximum Gasteiger partial charge on any atom is 0.278 e. The van der Waals surface area contributed by atoms with Gasteiger partial charge in [0.1, 0.15) is 11.4 Å². The third kappa shape index (κ3) is 5.52. The molecule has 0 unspecified atom stereocenters. The SMILES string of the molecule is CCCOc1ccc(C2=C(Nc3cccc(C)c3)C(=O)N(CCOC(C)C)C2=O)cc1. The Morgan fingerprint density at radius 1 is 1.00 bits per heavy atom. The monoisotopic (exact) mass is 422 g/mol. The highest BCUT2D eigenvalue weighted by Gasteiger charge is 2.39. The number of anilines is 1. The summed E-state index contributed by atoms with van der Waals surface area (Å²) in [5.74, 6) is 0.0632. The summed E-state index contributed by atoms with van der Waals surface area (Å²) in [6, 6.07) is 15.0. The number of rotatable bonds is 10. The van der Waals surface area contributed by atoms with Gasteiger partial charge < -0.3 is 14.8 Å². The van der Waals surface area contributed by atoms with Crippen LogP contribution in [0.5, 0.6) is 5.75 Å². The van der Waals surface area contributed by atoms with Crippen molar-refractivity contribution < 1.29 is 19.1 Å². The molecule has 2 aromatic rings. The highest BCUT2D eigenvalue weighted by molar-refractivity contribution is 6.36. The number of hydrogen-bond donors (Lipinski definition) is 1. The predicted octanol–water partition coefficient (Wildman–Crippen LogP) is 4.40. The minimum Gasteiger partial charge on any atom is -0.494 e. The van der Waals surface area contributed by atoms with Crippen molar-refractivity contribution >= 4 is 23.1 Å². The third-order valence-electron chi connectivity index (χ3n) is 4.84. The lowest BCUT2D eigenvalue weighted by Gasteiger charge is -2.16. The van der Waals surface area contributed by atoms with Crippen LogP contribution in [-0.4, -0.2) is 42.6 Å². The minimum atomic E-state index is -0.347. The number of carbonyl (C=O) groups excluding carboxylic acids is 2. The van der Waals surface area contributed by atoms with E-state index in [-0.39, 0.29) is 30.2 Å². The summed E-state index contributed by atoms with van der Waals surface area (Å²) in [4.78, 5) is 27.7. The molecule has 0 aromatic heterocycles. The van der Waals surface area contributed by atoms with E-state index in [1.807, 2.05) is 76.2 Å². The third-order valence-corrected chi connectivity index (χ3v) is 4.84. The van der Waals surface area contributed by atoms with Gasteiger partial charge in [-0.25, -0.2) is 0 Å². The van der Waals surface area contributed by atoms with Crippen LogP contribution in [0.4, 0.5) is 5.69 Å². The molecule has 6 heteroatoms. The van der Waals surface area contributed by atoms with Crippen molar-refractivity contribution in [2.75, 3.05) is 25.1 Å². The highest BCUT2D eigenvalue weighted by atomic mass is 16.5. The van der Waals surface area contributed by atoms with Gasteiger partial charge in [0.05, 0.1) is 31.4 Å². The Kier molecular flexibility index (Phi) is 7.47. The van der Waals surface area contributed by atoms with E-state index in [1.54, 1.807) is 0 Å². The fourth-order valence-corrected chi connectivity index (χ4v) is 3.35. The molecule has 1 aliphatic heterocycles. The van der Waals surface area contributed by atoms with Crippen molar-refractivity contribution in [3.05, 3.63) is 65.4 Å². The van der Waals surface area contributed by atoms with E-state index in [1.165, 1.54) is 4.90 Å². The Morgan fingerprint density at radius 3 is 2.39 bits per heavy atom. The summed E-state index contributed by atoms with van der Waals surface area (Å²) in [6.45, 7) is 8.99. The summed E-state index contributed by atoms with van der Waals surface area (Å²) in [5.41, 5.74) is 3.13. The first-order valence-electron chi connectivity index (χ1n) is 10.7. The van der Waals surface area contributed by atoms with Crippen LogP contribution in [0.2, 0.25) is 0 Å². The van der Waals surface area contributed by atoms with Gasteiger partial charge in [-0.2, -0.15) is 0 Å². The highest BCUT2D eigenvalue weighted by Crippen LogP contribution is 2.31. The molecule has 0 saturated carbocycles. The van der Waals surface area contributed by atoms with Crippen molar-refractivity contribution in [2.45, 2.75) is 40.2 Å². The molecule has 0 atom stereocenters. The standard InChI is InChI=1S/C25H30N2O4/c1-5-14-31-21-11-9-19(10-12-21)22-23(26-20-8-6-7-18(4)16-20)25(29)27(24(22)28)13-15-30-17(2)3/h6-12,16-17,26H,5,13-15H2,1-4H3. The van der Waals surface area contributed by atoms with E-state index < -0.39 is 0 Å². The summed E-state index contributed by atoms with van der Waals surface area (Å²) in [5, 5.41) is 3.18. The van der Waals surface area contributed by atoms with Gasteiger partial charge in [-0.15, -0.1) is 0 Å². The van der Waals surface area contributed by atoms with Gasteiger partial charge in [-0.3, -0.25) is 14.5 Å². The number of ether oxygens (including phenoxy) is 2. The second kappa shape index (κ2) is 10.3. The second-order valence-corrected chi connectivity index (χ2v) is 7.80. The van der Waals surface area contributed by atoms with Gasteiger partial charge >= 0.3 is 0 Å². The Labute approximate surface area is 183 Å². The first kappa shape index (κ1) is 22.6. The van der Waals surface area contributed by atoms with Crippen LogP contribution >= 0.6 is 0 Å². The molecular formula is C25H30N2O4. The van der Waals surface area contributed by atoms with Crippen molar-refractivity contribution in [2.24, 2.45) is 0 Å². The molecule has 6 nitrogen and oxygen atoms in total. The van der Waals surface area contributed by atoms with Crippen LogP contribution in [0.3, 0.4) is 0 Å². The number of amides is 2. The normalized spacial score (nSPS) is 14.0. The van der Waals surface area contributed by atoms with Gasteiger partial charge in [0.25, 0.3) is 11.8 Å². The predicted molar refractivity (Wildman–Crippen MR) is 122 cm³/mol. The Balaban J connectivity index is 1.92. The van der Waals surface area contributed by atoms with Gasteiger partial charge in [0.2, 0.25) is 0 Å². The lowest BCUT2D eigenvalue weighted by molar-refractivity contribution is -0.137. The average Bonchev–Trinajstić information content (AvgIpc) is 2.97. The Morgan fingerprint density at radius 2 is 1.74 bits per heavy atom. The maximum absolute atomic E-state index is 13.2. The summed E-state index contributed by atoms with van der Waals surface area (Å²) in [6.07, 6.45) is 0.943. The fraction of sp³-hybridized carbons (Fsp3) is 0.360. The zero-order chi connectivity index (χ0) is 22.4. The zero-order valence-corrected chi connectivity index (χ0v) is 18.6. The molecule has 0 bridgehead atoms. The Bertz CT molecular complexity index is 964. The van der Waals surface area contributed by atoms with Crippen LogP contribution < -0.4 is 10.1 Å². The number of hydrogen-bond acceptors (Lipinski definition) is 5. The number of imide groups is 1. The lowest BCUT2D eigenvalue weighted by Crippen LogP contribution is -2.35. The van der Waals surface area contributed by atoms with Crippen molar-refractivity contribution in [3.63, 3.8) is 0 Å². The fourth-order valence-electron chi connectivity index (χ4n) is 3.35. The molecule has 2 amide bonds. The first-order valence-corrected chi connectivity index (χ1v) is 10.7. The number of aryl methyl sites for hydroxylation is 1. The Hall–Kier alpha value is -3.12. The molecule has 1 N–H and O–H groups in total. The molecule has 31 heavy (non-hydrogen) atoms. The molecule has 0 aliphatic carbocycles. The van der Waals surface area contributed by atoms with Crippen molar-refractivity contribution in [1.29, 1.82) is 0 Å². The molecule has 1 heterocycles. The number of carbonyl (C=O) groups is 2. The van der Waals surface area contributed by atoms with E-state index in [0.717, 1.165) is 23.4 Å². The molecule has 0 fully saturated rings. The van der Waals surface area contributed by atoms with Gasteiger partial charge in [0.15, 0.2) is 0 Å². The van der Waals surface area contributed by atoms with Crippen LogP contribution in [0.25, 0.3) is 5.57 Å². The van der Waals surface area contributed by atoms with Crippen LogP contribution in [0.15, 0.2) is 54.2 Å². The second-order valence-electron chi connectivity index (χ2n) is 7.80. The molecule has 0 radical (unpaired) electrons. The largest absolute Gasteiger partial charge is 0.494 e. The van der Waals surface area contributed by atoms with Crippen LogP contribution in [0.1, 0.15) is 38.3 Å². The number of nitrogens with zero attached hydrogens (tertiary/aromatic N) is 1. The van der Waals surface area contributed by atoms with E-state index in [9.17, 15) is 9.59 Å². The zero-order valence-electron chi connectivity index (χ0n) is 18.6. The van der Waals surface area contributed by atoms with E-state index in [0.29, 0.717) is 24.4 Å². The van der Waals surface area contributed by atoms with E-state index >= 15 is 0 Å². The van der Waals surface area contributed by atoms with E-state index in [2.05, 4.69) is 5.32 Å². The average molecular weight is 423 g/mol. The molecule has 0 spiro atoms. The molecule has 1 aliphatic rings. The van der Waals surface area contributed by atoms with Gasteiger partial charge in [-0.05, 0) is 62.6 Å². The summed E-state index contributed by atoms with van der Waals surface area (Å²) in [7, 11) is 0. The lowest BCUT2D eigenvalue weighted by atomic mass is 10.0. The van der Waals surface area contributed by atoms with Gasteiger partial charge in [0, 0.05) is 5.69 Å². The van der Waals surface area contributed by atoms with Crippen LogP contribution in [0, 0.1) is 6.92 Å². The molecular weight excluding hydrogens is 392 g/mol. The maximum atomic E-state index is 13.2. The summed E-state index contributed by atoms with van der Waals surface area (Å²) >= 11 is 0. The topological polar surface area (TPSA) is 67.9 Å². The number of nitrogens with one attached hydrogen (secondary N) is 1. The van der Waals surface area contributed by atoms with Crippen molar-refractivity contribution in [1.82, 2.24) is 4.90 Å². The van der Waals surface area contributed by atoms with Crippen molar-refractivity contribution in [3.8, 4) is 5.75 Å². The molecule has 2 aromatic carbocycles. The minimum absolute atomic E-state index is 0.0285. The molecule has 164 valence electrons. The molecule has 3 rings (SSSR count). The van der Waals surface area contributed by atoms with Gasteiger partial charge in [-0.1, -0.05) is 31.2 Å². The number of benzene rings is 2. The first-order chi connectivity index (χ1) is 14.9. The van der Waals surface area contributed by atoms with E-state index in [4.69, 9.17) is 9.47 Å². The van der Waals surface area contributed by atoms with Crippen LogP contribution in [-0.2, 0) is 14.3 Å². The molecule has 0 saturated heterocycles. The smallest absolute Gasteiger partial charge is 0.278 e.